The predicted molar refractivity (Wildman–Crippen MR) is 106 cm³/mol. The van der Waals surface area contributed by atoms with Crippen LogP contribution in [0.5, 0.6) is 0 Å². The molecule has 2 aliphatic rings. The molecule has 1 aromatic carbocycles. The van der Waals surface area contributed by atoms with Gasteiger partial charge >= 0.3 is 5.97 Å². The molecule has 0 atom stereocenters. The van der Waals surface area contributed by atoms with Gasteiger partial charge in [-0.05, 0) is 31.9 Å². The molecule has 0 spiro atoms. The third-order valence-corrected chi connectivity index (χ3v) is 5.75. The van der Waals surface area contributed by atoms with Gasteiger partial charge in [0.1, 0.15) is 5.82 Å². The number of carbonyl (C=O) groups is 1. The van der Waals surface area contributed by atoms with Crippen LogP contribution in [0.2, 0.25) is 0 Å². The molecule has 0 N–H and O–H groups in total. The van der Waals surface area contributed by atoms with E-state index < -0.39 is 5.97 Å². The van der Waals surface area contributed by atoms with E-state index in [4.69, 9.17) is 4.74 Å². The summed E-state index contributed by atoms with van der Waals surface area (Å²) in [6.07, 6.45) is 6.79. The van der Waals surface area contributed by atoms with E-state index >= 15 is 0 Å². The molecule has 1 saturated heterocycles. The Balaban J connectivity index is 1.56. The van der Waals surface area contributed by atoms with Crippen molar-refractivity contribution in [3.8, 4) is 0 Å². The fraction of sp³-hybridized carbons (Fsp3) is 0.571. The number of anilines is 1. The second-order valence-corrected chi connectivity index (χ2v) is 7.42. The zero-order valence-corrected chi connectivity index (χ0v) is 16.1. The number of carbonyl (C=O) groups excluding carboxylic acids is 1. The summed E-state index contributed by atoms with van der Waals surface area (Å²) in [5.41, 5.74) is 0.792. The Labute approximate surface area is 160 Å². The number of piperazine rings is 1. The maximum Gasteiger partial charge on any atom is 0.376 e. The molecule has 6 nitrogen and oxygen atoms in total. The largest absolute Gasteiger partial charge is 0.460 e. The first-order chi connectivity index (χ1) is 13.3. The maximum absolute atomic E-state index is 12.2. The van der Waals surface area contributed by atoms with Gasteiger partial charge in [-0.1, -0.05) is 31.4 Å². The molecule has 0 radical (unpaired) electrons. The van der Waals surface area contributed by atoms with Gasteiger partial charge in [-0.25, -0.2) is 14.8 Å². The molecule has 27 heavy (non-hydrogen) atoms. The molecule has 0 amide bonds. The number of aromatic nitrogens is 2. The lowest BCUT2D eigenvalue weighted by Crippen LogP contribution is -2.51. The number of hydrogen-bond donors (Lipinski definition) is 0. The molecule has 144 valence electrons. The molecule has 1 aromatic heterocycles. The Hall–Kier alpha value is -2.21. The second-order valence-electron chi connectivity index (χ2n) is 7.42. The monoisotopic (exact) mass is 368 g/mol. The Morgan fingerprint density at radius 1 is 1.07 bits per heavy atom. The van der Waals surface area contributed by atoms with Crippen molar-refractivity contribution in [3.63, 3.8) is 0 Å². The summed E-state index contributed by atoms with van der Waals surface area (Å²) in [7, 11) is 0. The van der Waals surface area contributed by atoms with E-state index in [0.29, 0.717) is 6.61 Å². The molecule has 1 aliphatic carbocycles. The van der Waals surface area contributed by atoms with Gasteiger partial charge in [-0.3, -0.25) is 4.90 Å². The second kappa shape index (κ2) is 8.21. The zero-order chi connectivity index (χ0) is 18.6. The third kappa shape index (κ3) is 3.90. The van der Waals surface area contributed by atoms with E-state index in [1.807, 2.05) is 24.3 Å². The van der Waals surface area contributed by atoms with Crippen LogP contribution in [0.15, 0.2) is 24.3 Å². The Morgan fingerprint density at radius 3 is 2.56 bits per heavy atom. The highest BCUT2D eigenvalue weighted by Gasteiger charge is 2.27. The lowest BCUT2D eigenvalue weighted by molar-refractivity contribution is 0.0512. The molecular weight excluding hydrogens is 340 g/mol. The highest BCUT2D eigenvalue weighted by atomic mass is 16.5. The van der Waals surface area contributed by atoms with Gasteiger partial charge in [0.15, 0.2) is 0 Å². The van der Waals surface area contributed by atoms with Gasteiger partial charge in [0, 0.05) is 37.6 Å². The van der Waals surface area contributed by atoms with Crippen molar-refractivity contribution in [1.82, 2.24) is 14.9 Å². The number of rotatable bonds is 4. The number of esters is 1. The first kappa shape index (κ1) is 18.2. The number of nitrogens with zero attached hydrogens (tertiary/aromatic N) is 4. The highest BCUT2D eigenvalue weighted by Crippen LogP contribution is 2.27. The van der Waals surface area contributed by atoms with Crippen LogP contribution in [0, 0.1) is 0 Å². The van der Waals surface area contributed by atoms with Crippen molar-refractivity contribution in [2.45, 2.75) is 45.1 Å². The first-order valence-corrected chi connectivity index (χ1v) is 10.2. The summed E-state index contributed by atoms with van der Waals surface area (Å²) in [6.45, 7) is 6.09. The summed E-state index contributed by atoms with van der Waals surface area (Å²) in [5.74, 6) is 0.553. The SMILES string of the molecule is CCOC(=O)c1nc(N2CCN(C3CCCCC3)CC2)c2ccccc2n1. The summed E-state index contributed by atoms with van der Waals surface area (Å²) in [6, 6.07) is 8.65. The molecule has 2 fully saturated rings. The minimum Gasteiger partial charge on any atom is -0.460 e. The molecule has 6 heteroatoms. The Morgan fingerprint density at radius 2 is 1.81 bits per heavy atom. The molecule has 2 heterocycles. The smallest absolute Gasteiger partial charge is 0.376 e. The zero-order valence-electron chi connectivity index (χ0n) is 16.1. The molecule has 2 aromatic rings. The summed E-state index contributed by atoms with van der Waals surface area (Å²) in [4.78, 5) is 26.2. The minimum atomic E-state index is -0.453. The summed E-state index contributed by atoms with van der Waals surface area (Å²) >= 11 is 0. The molecule has 0 unspecified atom stereocenters. The van der Waals surface area contributed by atoms with Crippen LogP contribution in [-0.4, -0.2) is 59.7 Å². The van der Waals surface area contributed by atoms with Crippen molar-refractivity contribution in [1.29, 1.82) is 0 Å². The fourth-order valence-electron chi connectivity index (χ4n) is 4.33. The van der Waals surface area contributed by atoms with Gasteiger partial charge in [0.25, 0.3) is 0 Å². The lowest BCUT2D eigenvalue weighted by Gasteiger charge is -2.41. The maximum atomic E-state index is 12.2. The standard InChI is InChI=1S/C21H28N4O2/c1-2-27-21(26)19-22-18-11-7-6-10-17(18)20(23-19)25-14-12-24(13-15-25)16-8-4-3-5-9-16/h6-7,10-11,16H,2-5,8-9,12-15H2,1H3. The molecule has 4 rings (SSSR count). The summed E-state index contributed by atoms with van der Waals surface area (Å²) in [5, 5.41) is 0.997. The first-order valence-electron chi connectivity index (χ1n) is 10.2. The van der Waals surface area contributed by atoms with E-state index in [-0.39, 0.29) is 5.82 Å². The molecule has 1 saturated carbocycles. The van der Waals surface area contributed by atoms with Crippen LogP contribution < -0.4 is 4.90 Å². The fourth-order valence-corrected chi connectivity index (χ4v) is 4.33. The van der Waals surface area contributed by atoms with E-state index in [2.05, 4.69) is 19.8 Å². The van der Waals surface area contributed by atoms with Crippen molar-refractivity contribution < 1.29 is 9.53 Å². The number of benzene rings is 1. The number of hydrogen-bond acceptors (Lipinski definition) is 6. The minimum absolute atomic E-state index is 0.153. The van der Waals surface area contributed by atoms with Crippen LogP contribution in [0.4, 0.5) is 5.82 Å². The van der Waals surface area contributed by atoms with E-state index in [9.17, 15) is 4.79 Å². The number of para-hydroxylation sites is 1. The topological polar surface area (TPSA) is 58.6 Å². The van der Waals surface area contributed by atoms with Gasteiger partial charge in [-0.15, -0.1) is 0 Å². The Bertz CT molecular complexity index is 796. The van der Waals surface area contributed by atoms with Gasteiger partial charge in [0.05, 0.1) is 12.1 Å². The van der Waals surface area contributed by atoms with E-state index in [1.165, 1.54) is 32.1 Å². The van der Waals surface area contributed by atoms with Crippen LogP contribution in [0.25, 0.3) is 10.9 Å². The lowest BCUT2D eigenvalue weighted by atomic mass is 9.94. The van der Waals surface area contributed by atoms with Crippen LogP contribution in [-0.2, 0) is 4.74 Å². The molecular formula is C21H28N4O2. The van der Waals surface area contributed by atoms with Gasteiger partial charge in [0.2, 0.25) is 5.82 Å². The number of fused-ring (bicyclic) bond motifs is 1. The van der Waals surface area contributed by atoms with E-state index in [1.54, 1.807) is 6.92 Å². The average molecular weight is 368 g/mol. The molecule has 1 aliphatic heterocycles. The third-order valence-electron chi connectivity index (χ3n) is 5.75. The van der Waals surface area contributed by atoms with Gasteiger partial charge in [-0.2, -0.15) is 0 Å². The highest BCUT2D eigenvalue weighted by molar-refractivity contribution is 5.94. The molecule has 0 bridgehead atoms. The normalized spacial score (nSPS) is 19.4. The Kier molecular flexibility index (Phi) is 5.53. The van der Waals surface area contributed by atoms with Crippen LogP contribution in [0.3, 0.4) is 0 Å². The van der Waals surface area contributed by atoms with Crippen molar-refractivity contribution >= 4 is 22.7 Å². The predicted octanol–water partition coefficient (Wildman–Crippen LogP) is 3.26. The van der Waals surface area contributed by atoms with Crippen LogP contribution >= 0.6 is 0 Å². The van der Waals surface area contributed by atoms with Gasteiger partial charge < -0.3 is 9.64 Å². The van der Waals surface area contributed by atoms with Crippen molar-refractivity contribution in [2.75, 3.05) is 37.7 Å². The van der Waals surface area contributed by atoms with Crippen molar-refractivity contribution in [2.24, 2.45) is 0 Å². The number of ether oxygens (including phenoxy) is 1. The summed E-state index contributed by atoms with van der Waals surface area (Å²) < 4.78 is 5.12. The quantitative estimate of drug-likeness (QED) is 0.772. The van der Waals surface area contributed by atoms with E-state index in [0.717, 1.165) is 48.9 Å². The van der Waals surface area contributed by atoms with Crippen LogP contribution in [0.1, 0.15) is 49.6 Å². The average Bonchev–Trinajstić information content (AvgIpc) is 2.74. The van der Waals surface area contributed by atoms with Crippen molar-refractivity contribution in [3.05, 3.63) is 30.1 Å².